The Hall–Kier alpha value is -2.40. The van der Waals surface area contributed by atoms with E-state index >= 15 is 0 Å². The van der Waals surface area contributed by atoms with Crippen molar-refractivity contribution < 1.29 is 9.18 Å². The summed E-state index contributed by atoms with van der Waals surface area (Å²) in [5.41, 5.74) is 5.83. The van der Waals surface area contributed by atoms with Gasteiger partial charge in [0.2, 0.25) is 0 Å². The van der Waals surface area contributed by atoms with Crippen LogP contribution in [0.25, 0.3) is 0 Å². The minimum absolute atomic E-state index is 0.135. The van der Waals surface area contributed by atoms with E-state index in [1.807, 2.05) is 6.92 Å². The van der Waals surface area contributed by atoms with Crippen LogP contribution in [0, 0.1) is 12.7 Å². The van der Waals surface area contributed by atoms with E-state index in [1.54, 1.807) is 30.3 Å². The maximum atomic E-state index is 12.8. The zero-order valence-electron chi connectivity index (χ0n) is 11.8. The molecule has 1 amide bonds. The topological polar surface area (TPSA) is 67.2 Å². The Morgan fingerprint density at radius 2 is 1.90 bits per heavy atom. The van der Waals surface area contributed by atoms with Crippen molar-refractivity contribution in [2.45, 2.75) is 13.3 Å². The van der Waals surface area contributed by atoms with Gasteiger partial charge in [0.05, 0.1) is 5.69 Å². The molecule has 2 aromatic carbocycles. The number of carbonyl (C=O) groups is 1. The van der Waals surface area contributed by atoms with Crippen LogP contribution in [-0.2, 0) is 6.42 Å². The lowest BCUT2D eigenvalue weighted by Gasteiger charge is -2.09. The van der Waals surface area contributed by atoms with Crippen LogP contribution >= 0.6 is 0 Å². The molecule has 4 nitrogen and oxygen atoms in total. The fourth-order valence-corrected chi connectivity index (χ4v) is 2.04. The van der Waals surface area contributed by atoms with Crippen molar-refractivity contribution in [3.05, 3.63) is 65.0 Å². The number of hydrogen-bond acceptors (Lipinski definition) is 3. The maximum Gasteiger partial charge on any atom is 0.251 e. The van der Waals surface area contributed by atoms with Gasteiger partial charge < -0.3 is 10.7 Å². The van der Waals surface area contributed by atoms with Gasteiger partial charge in [-0.1, -0.05) is 12.1 Å². The Labute approximate surface area is 123 Å². The van der Waals surface area contributed by atoms with E-state index < -0.39 is 0 Å². The fourth-order valence-electron chi connectivity index (χ4n) is 2.04. The Morgan fingerprint density at radius 1 is 1.19 bits per heavy atom. The molecule has 2 rings (SSSR count). The number of aryl methyl sites for hydroxylation is 1. The van der Waals surface area contributed by atoms with Crippen molar-refractivity contribution >= 4 is 11.6 Å². The van der Waals surface area contributed by atoms with Gasteiger partial charge in [-0.05, 0) is 54.8 Å². The highest BCUT2D eigenvalue weighted by Crippen LogP contribution is 2.15. The number of benzene rings is 2. The summed E-state index contributed by atoms with van der Waals surface area (Å²) in [6.45, 7) is 2.38. The van der Waals surface area contributed by atoms with Gasteiger partial charge in [-0.2, -0.15) is 0 Å². The average molecular weight is 287 g/mol. The minimum Gasteiger partial charge on any atom is -0.352 e. The lowest BCUT2D eigenvalue weighted by Crippen LogP contribution is -2.25. The lowest BCUT2D eigenvalue weighted by atomic mass is 10.1. The van der Waals surface area contributed by atoms with Crippen LogP contribution in [0.1, 0.15) is 21.5 Å². The first-order valence-corrected chi connectivity index (χ1v) is 6.70. The Balaban J connectivity index is 1.89. The Kier molecular flexibility index (Phi) is 4.90. The van der Waals surface area contributed by atoms with Crippen molar-refractivity contribution in [2.75, 3.05) is 12.0 Å². The second kappa shape index (κ2) is 6.85. The van der Waals surface area contributed by atoms with E-state index in [0.717, 1.165) is 16.8 Å². The molecule has 21 heavy (non-hydrogen) atoms. The van der Waals surface area contributed by atoms with E-state index in [0.29, 0.717) is 18.5 Å². The number of carbonyl (C=O) groups excluding carboxylic acids is 1. The molecule has 0 aromatic heterocycles. The second-order valence-corrected chi connectivity index (χ2v) is 4.81. The molecule has 0 aliphatic carbocycles. The van der Waals surface area contributed by atoms with Gasteiger partial charge in [-0.15, -0.1) is 0 Å². The van der Waals surface area contributed by atoms with E-state index in [9.17, 15) is 9.18 Å². The molecular formula is C16H18FN3O. The van der Waals surface area contributed by atoms with Crippen molar-refractivity contribution in [2.24, 2.45) is 5.84 Å². The summed E-state index contributed by atoms with van der Waals surface area (Å²) >= 11 is 0. The number of nitrogen functional groups attached to an aromatic ring is 1. The van der Waals surface area contributed by atoms with E-state index in [2.05, 4.69) is 10.7 Å². The van der Waals surface area contributed by atoms with Gasteiger partial charge in [0.25, 0.3) is 5.91 Å². The molecule has 0 aliphatic heterocycles. The smallest absolute Gasteiger partial charge is 0.251 e. The molecule has 0 atom stereocenters. The molecule has 5 heteroatoms. The molecule has 0 saturated heterocycles. The highest BCUT2D eigenvalue weighted by Gasteiger charge is 2.07. The number of hydrazine groups is 1. The first-order valence-electron chi connectivity index (χ1n) is 6.70. The van der Waals surface area contributed by atoms with Gasteiger partial charge >= 0.3 is 0 Å². The normalized spacial score (nSPS) is 10.2. The van der Waals surface area contributed by atoms with Gasteiger partial charge in [0.15, 0.2) is 0 Å². The molecule has 110 valence electrons. The Morgan fingerprint density at radius 3 is 2.52 bits per heavy atom. The maximum absolute atomic E-state index is 12.8. The quantitative estimate of drug-likeness (QED) is 0.584. The van der Waals surface area contributed by atoms with Crippen molar-refractivity contribution in [3.8, 4) is 0 Å². The molecule has 0 unspecified atom stereocenters. The SMILES string of the molecule is Cc1cc(C(=O)NCCc2ccc(F)cc2)ccc1NN. The summed E-state index contributed by atoms with van der Waals surface area (Å²) in [5, 5.41) is 2.84. The highest BCUT2D eigenvalue weighted by molar-refractivity contribution is 5.94. The largest absolute Gasteiger partial charge is 0.352 e. The number of rotatable bonds is 5. The molecule has 0 bridgehead atoms. The van der Waals surface area contributed by atoms with Crippen LogP contribution in [0.15, 0.2) is 42.5 Å². The second-order valence-electron chi connectivity index (χ2n) is 4.81. The van der Waals surface area contributed by atoms with Crippen molar-refractivity contribution in [1.82, 2.24) is 5.32 Å². The molecule has 0 heterocycles. The molecule has 0 saturated carbocycles. The summed E-state index contributed by atoms with van der Waals surface area (Å²) in [5.74, 6) is 4.96. The molecule has 0 aliphatic rings. The van der Waals surface area contributed by atoms with Gasteiger partial charge in [0.1, 0.15) is 5.82 Å². The van der Waals surface area contributed by atoms with Crippen molar-refractivity contribution in [3.63, 3.8) is 0 Å². The van der Waals surface area contributed by atoms with Crippen LogP contribution in [-0.4, -0.2) is 12.5 Å². The molecule has 0 fully saturated rings. The third-order valence-corrected chi connectivity index (χ3v) is 3.26. The summed E-state index contributed by atoms with van der Waals surface area (Å²) in [7, 11) is 0. The van der Waals surface area contributed by atoms with Gasteiger partial charge in [-0.25, -0.2) is 4.39 Å². The average Bonchev–Trinajstić information content (AvgIpc) is 2.49. The number of anilines is 1. The van der Waals surface area contributed by atoms with E-state index in [1.165, 1.54) is 12.1 Å². The zero-order chi connectivity index (χ0) is 15.2. The van der Waals surface area contributed by atoms with E-state index in [-0.39, 0.29) is 11.7 Å². The predicted molar refractivity (Wildman–Crippen MR) is 81.4 cm³/mol. The Bertz CT molecular complexity index is 626. The predicted octanol–water partition coefficient (Wildman–Crippen LogP) is 2.39. The number of nitrogens with two attached hydrogens (primary N) is 1. The van der Waals surface area contributed by atoms with Crippen LogP contribution in [0.2, 0.25) is 0 Å². The van der Waals surface area contributed by atoms with Crippen LogP contribution < -0.4 is 16.6 Å². The van der Waals surface area contributed by atoms with Crippen LogP contribution in [0.3, 0.4) is 0 Å². The fraction of sp³-hybridized carbons (Fsp3) is 0.188. The third-order valence-electron chi connectivity index (χ3n) is 3.26. The summed E-state index contributed by atoms with van der Waals surface area (Å²) in [4.78, 5) is 12.0. The van der Waals surface area contributed by atoms with E-state index in [4.69, 9.17) is 5.84 Å². The molecule has 0 radical (unpaired) electrons. The molecule has 0 spiro atoms. The lowest BCUT2D eigenvalue weighted by molar-refractivity contribution is 0.0954. The van der Waals surface area contributed by atoms with Gasteiger partial charge in [0, 0.05) is 12.1 Å². The first kappa shape index (κ1) is 15.0. The summed E-state index contributed by atoms with van der Waals surface area (Å²) in [6, 6.07) is 11.5. The third kappa shape index (κ3) is 4.03. The van der Waals surface area contributed by atoms with Crippen LogP contribution in [0.4, 0.5) is 10.1 Å². The molecule has 2 aromatic rings. The minimum atomic E-state index is -0.258. The molecular weight excluding hydrogens is 269 g/mol. The van der Waals surface area contributed by atoms with Gasteiger partial charge in [-0.3, -0.25) is 10.6 Å². The van der Waals surface area contributed by atoms with Crippen molar-refractivity contribution in [1.29, 1.82) is 0 Å². The monoisotopic (exact) mass is 287 g/mol. The number of hydrogen-bond donors (Lipinski definition) is 3. The number of halogens is 1. The zero-order valence-corrected chi connectivity index (χ0v) is 11.8. The highest BCUT2D eigenvalue weighted by atomic mass is 19.1. The standard InChI is InChI=1S/C16H18FN3O/c1-11-10-13(4-7-15(11)20-18)16(21)19-9-8-12-2-5-14(17)6-3-12/h2-7,10,20H,8-9,18H2,1H3,(H,19,21). The summed E-state index contributed by atoms with van der Waals surface area (Å²) < 4.78 is 12.8. The number of amides is 1. The molecule has 4 N–H and O–H groups in total. The first-order chi connectivity index (χ1) is 10.1. The number of nitrogens with one attached hydrogen (secondary N) is 2. The summed E-state index contributed by atoms with van der Waals surface area (Å²) in [6.07, 6.45) is 0.660. The van der Waals surface area contributed by atoms with Crippen LogP contribution in [0.5, 0.6) is 0 Å².